The van der Waals surface area contributed by atoms with Gasteiger partial charge in [0.15, 0.2) is 10.3 Å². The molecule has 0 fully saturated rings. The van der Waals surface area contributed by atoms with Gasteiger partial charge in [-0.15, -0.1) is 10.2 Å². The van der Waals surface area contributed by atoms with Crippen molar-refractivity contribution >= 4 is 50.5 Å². The van der Waals surface area contributed by atoms with Gasteiger partial charge in [0, 0.05) is 16.2 Å². The van der Waals surface area contributed by atoms with Crippen LogP contribution in [-0.2, 0) is 0 Å². The summed E-state index contributed by atoms with van der Waals surface area (Å²) in [6, 6.07) is 5.67. The number of halogens is 3. The lowest BCUT2D eigenvalue weighted by Crippen LogP contribution is -1.96. The van der Waals surface area contributed by atoms with Gasteiger partial charge in [-0.3, -0.25) is 0 Å². The number of hydrogen-bond donors (Lipinski definition) is 1. The molecule has 0 aliphatic rings. The highest BCUT2D eigenvalue weighted by molar-refractivity contribution is 9.10. The largest absolute Gasteiger partial charge is 0.353 e. The topological polar surface area (TPSA) is 37.8 Å². The highest BCUT2D eigenvalue weighted by atomic mass is 79.9. The van der Waals surface area contributed by atoms with Crippen molar-refractivity contribution in [2.45, 2.75) is 13.8 Å². The molecule has 1 heterocycles. The summed E-state index contributed by atoms with van der Waals surface area (Å²) in [5, 5.41) is 11.2. The van der Waals surface area contributed by atoms with Gasteiger partial charge in [0.1, 0.15) is 0 Å². The average Bonchev–Trinajstić information content (AvgIpc) is 2.31. The lowest BCUT2D eigenvalue weighted by molar-refractivity contribution is 1.03. The molecule has 0 bridgehead atoms. The monoisotopic (exact) mass is 345 g/mol. The first-order valence-electron chi connectivity index (χ1n) is 5.20. The van der Waals surface area contributed by atoms with Gasteiger partial charge in [-0.1, -0.05) is 39.1 Å². The molecule has 2 rings (SSSR count). The predicted octanol–water partition coefficient (Wildman–Crippen LogP) is 4.91. The Labute approximate surface area is 124 Å². The van der Waals surface area contributed by atoms with Crippen molar-refractivity contribution in [3.63, 3.8) is 0 Å². The molecule has 0 unspecified atom stereocenters. The SMILES string of the molecule is Cc1cc(Nc2cc(Cl)nnc2Cl)cc(C)c1Br. The lowest BCUT2D eigenvalue weighted by Gasteiger charge is -2.11. The van der Waals surface area contributed by atoms with E-state index in [1.807, 2.05) is 26.0 Å². The van der Waals surface area contributed by atoms with E-state index in [9.17, 15) is 0 Å². The molecule has 1 aromatic heterocycles. The highest BCUT2D eigenvalue weighted by Crippen LogP contribution is 2.29. The van der Waals surface area contributed by atoms with E-state index < -0.39 is 0 Å². The second-order valence-electron chi connectivity index (χ2n) is 3.92. The van der Waals surface area contributed by atoms with Crippen molar-refractivity contribution in [1.29, 1.82) is 0 Å². The molecule has 0 spiro atoms. The van der Waals surface area contributed by atoms with Crippen LogP contribution in [0.5, 0.6) is 0 Å². The standard InChI is InChI=1S/C12H10BrCl2N3/c1-6-3-8(4-7(2)11(6)13)16-9-5-10(14)17-18-12(9)15/h3-5H,1-2H3,(H,16,17). The predicted molar refractivity (Wildman–Crippen MR) is 79.0 cm³/mol. The molecule has 0 saturated carbocycles. The summed E-state index contributed by atoms with van der Waals surface area (Å²) in [5.74, 6) is 0. The maximum absolute atomic E-state index is 5.95. The molecular weight excluding hydrogens is 337 g/mol. The minimum Gasteiger partial charge on any atom is -0.353 e. The number of nitrogens with one attached hydrogen (secondary N) is 1. The van der Waals surface area contributed by atoms with Crippen LogP contribution in [0.3, 0.4) is 0 Å². The van der Waals surface area contributed by atoms with Crippen LogP contribution in [0.25, 0.3) is 0 Å². The molecule has 6 heteroatoms. The second-order valence-corrected chi connectivity index (χ2v) is 5.46. The van der Waals surface area contributed by atoms with Crippen molar-refractivity contribution in [2.75, 3.05) is 5.32 Å². The number of rotatable bonds is 2. The Balaban J connectivity index is 2.37. The maximum atomic E-state index is 5.95. The zero-order valence-corrected chi connectivity index (χ0v) is 12.9. The summed E-state index contributed by atoms with van der Waals surface area (Å²) in [6.45, 7) is 4.06. The van der Waals surface area contributed by atoms with Gasteiger partial charge < -0.3 is 5.32 Å². The van der Waals surface area contributed by atoms with Crippen LogP contribution in [0.15, 0.2) is 22.7 Å². The molecule has 1 aromatic carbocycles. The van der Waals surface area contributed by atoms with E-state index >= 15 is 0 Å². The summed E-state index contributed by atoms with van der Waals surface area (Å²) in [6.07, 6.45) is 0. The van der Waals surface area contributed by atoms with E-state index in [1.54, 1.807) is 6.07 Å². The van der Waals surface area contributed by atoms with Crippen molar-refractivity contribution < 1.29 is 0 Å². The summed E-state index contributed by atoms with van der Waals surface area (Å²) in [4.78, 5) is 0. The van der Waals surface area contributed by atoms with Gasteiger partial charge in [-0.25, -0.2) is 0 Å². The molecule has 94 valence electrons. The van der Waals surface area contributed by atoms with Gasteiger partial charge in [-0.05, 0) is 37.1 Å². The van der Waals surface area contributed by atoms with Crippen LogP contribution in [-0.4, -0.2) is 10.2 Å². The molecular formula is C12H10BrCl2N3. The van der Waals surface area contributed by atoms with Crippen LogP contribution in [0, 0.1) is 13.8 Å². The zero-order chi connectivity index (χ0) is 13.3. The van der Waals surface area contributed by atoms with Crippen LogP contribution >= 0.6 is 39.1 Å². The van der Waals surface area contributed by atoms with E-state index in [0.29, 0.717) is 10.8 Å². The molecule has 0 saturated heterocycles. The molecule has 0 aliphatic heterocycles. The Hall–Kier alpha value is -0.840. The number of nitrogens with zero attached hydrogens (tertiary/aromatic N) is 2. The molecule has 3 nitrogen and oxygen atoms in total. The number of anilines is 2. The van der Waals surface area contributed by atoms with Gasteiger partial charge in [0.05, 0.1) is 5.69 Å². The Morgan fingerprint density at radius 1 is 1.06 bits per heavy atom. The van der Waals surface area contributed by atoms with Gasteiger partial charge in [-0.2, -0.15) is 0 Å². The maximum Gasteiger partial charge on any atom is 0.175 e. The minimum absolute atomic E-state index is 0.289. The lowest BCUT2D eigenvalue weighted by atomic mass is 10.1. The summed E-state index contributed by atoms with van der Waals surface area (Å²) >= 11 is 15.3. The summed E-state index contributed by atoms with van der Waals surface area (Å²) < 4.78 is 1.10. The molecule has 2 aromatic rings. The van der Waals surface area contributed by atoms with Crippen LogP contribution in [0.2, 0.25) is 10.3 Å². The van der Waals surface area contributed by atoms with E-state index in [4.69, 9.17) is 23.2 Å². The van der Waals surface area contributed by atoms with Crippen LogP contribution in [0.1, 0.15) is 11.1 Å². The number of benzene rings is 1. The Bertz CT molecular complexity index is 579. The second kappa shape index (κ2) is 5.43. The molecule has 0 radical (unpaired) electrons. The van der Waals surface area contributed by atoms with E-state index in [0.717, 1.165) is 21.3 Å². The third-order valence-corrected chi connectivity index (χ3v) is 4.15. The average molecular weight is 347 g/mol. The molecule has 18 heavy (non-hydrogen) atoms. The zero-order valence-electron chi connectivity index (χ0n) is 9.76. The van der Waals surface area contributed by atoms with Crippen molar-refractivity contribution in [3.8, 4) is 0 Å². The Kier molecular flexibility index (Phi) is 4.10. The van der Waals surface area contributed by atoms with Gasteiger partial charge in [0.2, 0.25) is 0 Å². The van der Waals surface area contributed by atoms with E-state index in [2.05, 4.69) is 31.4 Å². The third kappa shape index (κ3) is 2.94. The number of aromatic nitrogens is 2. The van der Waals surface area contributed by atoms with E-state index in [-0.39, 0.29) is 5.15 Å². The normalized spacial score (nSPS) is 10.5. The van der Waals surface area contributed by atoms with E-state index in [1.165, 1.54) is 0 Å². The van der Waals surface area contributed by atoms with Gasteiger partial charge >= 0.3 is 0 Å². The Morgan fingerprint density at radius 2 is 1.67 bits per heavy atom. The smallest absolute Gasteiger partial charge is 0.175 e. The number of aryl methyl sites for hydroxylation is 2. The molecule has 0 atom stereocenters. The van der Waals surface area contributed by atoms with Crippen molar-refractivity contribution in [1.82, 2.24) is 10.2 Å². The molecule has 0 aliphatic carbocycles. The summed E-state index contributed by atoms with van der Waals surface area (Å²) in [7, 11) is 0. The first kappa shape index (κ1) is 13.6. The fraction of sp³-hybridized carbons (Fsp3) is 0.167. The summed E-state index contributed by atoms with van der Waals surface area (Å²) in [5.41, 5.74) is 3.85. The first-order valence-corrected chi connectivity index (χ1v) is 6.75. The minimum atomic E-state index is 0.289. The first-order chi connectivity index (χ1) is 8.47. The Morgan fingerprint density at radius 3 is 2.28 bits per heavy atom. The van der Waals surface area contributed by atoms with Crippen LogP contribution < -0.4 is 5.32 Å². The quantitative estimate of drug-likeness (QED) is 0.839. The third-order valence-electron chi connectivity index (χ3n) is 2.43. The number of hydrogen-bond acceptors (Lipinski definition) is 3. The fourth-order valence-electron chi connectivity index (χ4n) is 1.61. The molecule has 0 amide bonds. The van der Waals surface area contributed by atoms with Crippen molar-refractivity contribution in [3.05, 3.63) is 44.1 Å². The molecule has 1 N–H and O–H groups in total. The van der Waals surface area contributed by atoms with Crippen LogP contribution in [0.4, 0.5) is 11.4 Å². The fourth-order valence-corrected chi connectivity index (χ4v) is 2.13. The van der Waals surface area contributed by atoms with Crippen molar-refractivity contribution in [2.24, 2.45) is 0 Å². The van der Waals surface area contributed by atoms with Gasteiger partial charge in [0.25, 0.3) is 0 Å². The highest BCUT2D eigenvalue weighted by Gasteiger charge is 2.07.